The van der Waals surface area contributed by atoms with E-state index >= 15 is 0 Å². The highest BCUT2D eigenvalue weighted by atomic mass is 19.1. The number of benzene rings is 1. The minimum atomic E-state index is -0.226. The summed E-state index contributed by atoms with van der Waals surface area (Å²) < 4.78 is 13.4. The van der Waals surface area contributed by atoms with E-state index in [4.69, 9.17) is 0 Å². The van der Waals surface area contributed by atoms with Gasteiger partial charge in [-0.3, -0.25) is 0 Å². The highest BCUT2D eigenvalue weighted by molar-refractivity contribution is 5.47. The van der Waals surface area contributed by atoms with Gasteiger partial charge in [0.05, 0.1) is 12.6 Å². The Kier molecular flexibility index (Phi) is 4.81. The largest absolute Gasteiger partial charge is 0.394 e. The molecule has 0 heterocycles. The third kappa shape index (κ3) is 3.93. The van der Waals surface area contributed by atoms with Gasteiger partial charge in [-0.15, -0.1) is 0 Å². The number of hydrogen-bond donors (Lipinski definition) is 2. The molecule has 1 fully saturated rings. The Bertz CT molecular complexity index is 401. The van der Waals surface area contributed by atoms with Gasteiger partial charge in [-0.05, 0) is 55.4 Å². The van der Waals surface area contributed by atoms with Crippen molar-refractivity contribution in [3.05, 3.63) is 29.6 Å². The first-order valence-electron chi connectivity index (χ1n) is 7.23. The van der Waals surface area contributed by atoms with Crippen LogP contribution in [-0.4, -0.2) is 17.8 Å². The molecule has 0 saturated heterocycles. The molecule has 106 valence electrons. The van der Waals surface area contributed by atoms with Crippen LogP contribution in [0.1, 0.15) is 38.2 Å². The number of rotatable bonds is 4. The summed E-state index contributed by atoms with van der Waals surface area (Å²) in [4.78, 5) is 0. The van der Waals surface area contributed by atoms with Crippen LogP contribution in [-0.2, 0) is 0 Å². The second-order valence-corrected chi connectivity index (χ2v) is 5.98. The SMILES string of the molecule is Cc1cc(F)cc(NC(CO)C2CCCC(C)C2)c1. The number of aliphatic hydroxyl groups excluding tert-OH is 1. The van der Waals surface area contributed by atoms with Gasteiger partial charge in [-0.1, -0.05) is 19.8 Å². The van der Waals surface area contributed by atoms with Crippen LogP contribution in [0.4, 0.5) is 10.1 Å². The van der Waals surface area contributed by atoms with E-state index in [0.717, 1.165) is 30.0 Å². The van der Waals surface area contributed by atoms with E-state index in [0.29, 0.717) is 5.92 Å². The fraction of sp³-hybridized carbons (Fsp3) is 0.625. The van der Waals surface area contributed by atoms with E-state index < -0.39 is 0 Å². The van der Waals surface area contributed by atoms with Gasteiger partial charge in [0.15, 0.2) is 0 Å². The molecule has 1 saturated carbocycles. The van der Waals surface area contributed by atoms with E-state index in [1.54, 1.807) is 0 Å². The molecule has 3 atom stereocenters. The molecule has 2 N–H and O–H groups in total. The quantitative estimate of drug-likeness (QED) is 0.869. The van der Waals surface area contributed by atoms with Crippen molar-refractivity contribution < 1.29 is 9.50 Å². The van der Waals surface area contributed by atoms with Gasteiger partial charge in [0.2, 0.25) is 0 Å². The van der Waals surface area contributed by atoms with E-state index in [9.17, 15) is 9.50 Å². The zero-order valence-corrected chi connectivity index (χ0v) is 11.8. The fourth-order valence-electron chi connectivity index (χ4n) is 3.19. The van der Waals surface area contributed by atoms with E-state index in [1.165, 1.54) is 25.0 Å². The van der Waals surface area contributed by atoms with Crippen molar-refractivity contribution in [2.24, 2.45) is 11.8 Å². The van der Waals surface area contributed by atoms with Crippen LogP contribution in [0.3, 0.4) is 0 Å². The molecular weight excluding hydrogens is 241 g/mol. The molecular formula is C16H24FNO. The van der Waals surface area contributed by atoms with E-state index in [-0.39, 0.29) is 18.5 Å². The summed E-state index contributed by atoms with van der Waals surface area (Å²) in [5.41, 5.74) is 1.67. The van der Waals surface area contributed by atoms with Crippen molar-refractivity contribution in [1.29, 1.82) is 0 Å². The first-order chi connectivity index (χ1) is 9.08. The zero-order valence-electron chi connectivity index (χ0n) is 11.8. The highest BCUT2D eigenvalue weighted by Crippen LogP contribution is 2.32. The molecule has 19 heavy (non-hydrogen) atoms. The predicted molar refractivity (Wildman–Crippen MR) is 76.8 cm³/mol. The summed E-state index contributed by atoms with van der Waals surface area (Å²) >= 11 is 0. The monoisotopic (exact) mass is 265 g/mol. The van der Waals surface area contributed by atoms with Crippen LogP contribution in [0.5, 0.6) is 0 Å². The number of halogens is 1. The third-order valence-corrected chi connectivity index (χ3v) is 4.14. The van der Waals surface area contributed by atoms with Gasteiger partial charge >= 0.3 is 0 Å². The first kappa shape index (κ1) is 14.3. The summed E-state index contributed by atoms with van der Waals surface area (Å²) in [6.45, 7) is 4.25. The summed E-state index contributed by atoms with van der Waals surface area (Å²) in [6, 6.07) is 4.98. The Morgan fingerprint density at radius 3 is 2.79 bits per heavy atom. The van der Waals surface area contributed by atoms with Crippen LogP contribution in [0.25, 0.3) is 0 Å². The zero-order chi connectivity index (χ0) is 13.8. The normalized spacial score (nSPS) is 25.1. The molecule has 1 aliphatic carbocycles. The molecule has 2 nitrogen and oxygen atoms in total. The second-order valence-electron chi connectivity index (χ2n) is 5.98. The van der Waals surface area contributed by atoms with Gasteiger partial charge < -0.3 is 10.4 Å². The maximum absolute atomic E-state index is 13.4. The molecule has 3 heteroatoms. The van der Waals surface area contributed by atoms with Crippen molar-refractivity contribution in [2.75, 3.05) is 11.9 Å². The lowest BCUT2D eigenvalue weighted by Gasteiger charge is -2.33. The minimum Gasteiger partial charge on any atom is -0.394 e. The molecule has 2 rings (SSSR count). The Hall–Kier alpha value is -1.09. The molecule has 0 amide bonds. The standard InChI is InChI=1S/C16H24FNO/c1-11-4-3-5-13(6-11)16(10-19)18-15-8-12(2)7-14(17)9-15/h7-9,11,13,16,18-19H,3-6,10H2,1-2H3. The van der Waals surface area contributed by atoms with Gasteiger partial charge in [0.25, 0.3) is 0 Å². The van der Waals surface area contributed by atoms with Crippen LogP contribution in [0.15, 0.2) is 18.2 Å². The molecule has 0 spiro atoms. The number of aryl methyl sites for hydroxylation is 1. The van der Waals surface area contributed by atoms with E-state index in [2.05, 4.69) is 12.2 Å². The van der Waals surface area contributed by atoms with Crippen molar-refractivity contribution in [3.8, 4) is 0 Å². The van der Waals surface area contributed by atoms with Crippen LogP contribution >= 0.6 is 0 Å². The molecule has 0 aliphatic heterocycles. The Morgan fingerprint density at radius 2 is 2.16 bits per heavy atom. The van der Waals surface area contributed by atoms with Gasteiger partial charge in [0.1, 0.15) is 5.82 Å². The lowest BCUT2D eigenvalue weighted by molar-refractivity contribution is 0.188. The summed E-state index contributed by atoms with van der Waals surface area (Å²) in [7, 11) is 0. The number of anilines is 1. The van der Waals surface area contributed by atoms with Crippen molar-refractivity contribution in [3.63, 3.8) is 0 Å². The molecule has 1 aromatic carbocycles. The molecule has 0 radical (unpaired) electrons. The lowest BCUT2D eigenvalue weighted by Crippen LogP contribution is -2.35. The Labute approximate surface area is 115 Å². The smallest absolute Gasteiger partial charge is 0.125 e. The summed E-state index contributed by atoms with van der Waals surface area (Å²) in [6.07, 6.45) is 4.81. The molecule has 0 aromatic heterocycles. The van der Waals surface area contributed by atoms with Gasteiger partial charge in [-0.25, -0.2) is 4.39 Å². The van der Waals surface area contributed by atoms with Crippen molar-refractivity contribution >= 4 is 5.69 Å². The van der Waals surface area contributed by atoms with Crippen LogP contribution in [0.2, 0.25) is 0 Å². The number of nitrogens with one attached hydrogen (secondary N) is 1. The molecule has 1 aromatic rings. The maximum Gasteiger partial charge on any atom is 0.125 e. The molecule has 0 bridgehead atoms. The summed E-state index contributed by atoms with van der Waals surface area (Å²) in [5, 5.41) is 12.9. The molecule has 3 unspecified atom stereocenters. The highest BCUT2D eigenvalue weighted by Gasteiger charge is 2.26. The lowest BCUT2D eigenvalue weighted by atomic mass is 9.78. The average molecular weight is 265 g/mol. The topological polar surface area (TPSA) is 32.3 Å². The van der Waals surface area contributed by atoms with Crippen molar-refractivity contribution in [2.45, 2.75) is 45.6 Å². The van der Waals surface area contributed by atoms with Crippen LogP contribution in [0, 0.1) is 24.6 Å². The van der Waals surface area contributed by atoms with Crippen molar-refractivity contribution in [1.82, 2.24) is 0 Å². The second kappa shape index (κ2) is 6.38. The maximum atomic E-state index is 13.4. The number of aliphatic hydroxyl groups is 1. The molecule has 1 aliphatic rings. The van der Waals surface area contributed by atoms with Gasteiger partial charge in [-0.2, -0.15) is 0 Å². The Balaban J connectivity index is 2.05. The number of hydrogen-bond acceptors (Lipinski definition) is 2. The summed E-state index contributed by atoms with van der Waals surface area (Å²) in [5.74, 6) is 0.984. The fourth-order valence-corrected chi connectivity index (χ4v) is 3.19. The average Bonchev–Trinajstić information content (AvgIpc) is 2.34. The predicted octanol–water partition coefficient (Wildman–Crippen LogP) is 3.73. The minimum absolute atomic E-state index is 0.0314. The third-order valence-electron chi connectivity index (χ3n) is 4.14. The first-order valence-corrected chi connectivity index (χ1v) is 7.23. The van der Waals surface area contributed by atoms with E-state index in [1.807, 2.05) is 13.0 Å². The van der Waals surface area contributed by atoms with Crippen LogP contribution < -0.4 is 5.32 Å². The Morgan fingerprint density at radius 1 is 1.37 bits per heavy atom. The van der Waals surface area contributed by atoms with Gasteiger partial charge in [0, 0.05) is 5.69 Å².